The standard InChI is InChI=1S/C24H19ClN4S/c25-18-9-4-10-19-20(18)21-22(30-19)24(27-13-5-8-16-6-2-1-3-7-16)29-23(28-21)17-11-14-26-15-12-17/h1-4,6-7,9-12,14-15H,5,8,13H2,(H,27,28,29). The number of aryl methyl sites for hydroxylation is 1. The van der Waals surface area contributed by atoms with Crippen molar-refractivity contribution in [1.82, 2.24) is 15.0 Å². The van der Waals surface area contributed by atoms with Crippen LogP contribution in [-0.4, -0.2) is 21.5 Å². The smallest absolute Gasteiger partial charge is 0.162 e. The van der Waals surface area contributed by atoms with Crippen molar-refractivity contribution in [3.05, 3.63) is 83.6 Å². The van der Waals surface area contributed by atoms with Crippen molar-refractivity contribution in [2.45, 2.75) is 12.8 Å². The third kappa shape index (κ3) is 3.74. The molecule has 4 nitrogen and oxygen atoms in total. The van der Waals surface area contributed by atoms with Crippen LogP contribution >= 0.6 is 22.9 Å². The Balaban J connectivity index is 1.52. The van der Waals surface area contributed by atoms with Gasteiger partial charge in [-0.1, -0.05) is 48.0 Å². The topological polar surface area (TPSA) is 50.7 Å². The van der Waals surface area contributed by atoms with E-state index < -0.39 is 0 Å². The van der Waals surface area contributed by atoms with E-state index in [1.807, 2.05) is 30.3 Å². The largest absolute Gasteiger partial charge is 0.369 e. The van der Waals surface area contributed by atoms with Crippen LogP contribution in [0, 0.1) is 0 Å². The summed E-state index contributed by atoms with van der Waals surface area (Å²) in [5.74, 6) is 1.53. The lowest BCUT2D eigenvalue weighted by molar-refractivity contribution is 0.860. The van der Waals surface area contributed by atoms with E-state index in [1.165, 1.54) is 5.56 Å². The quantitative estimate of drug-likeness (QED) is 0.308. The molecule has 148 valence electrons. The van der Waals surface area contributed by atoms with Crippen LogP contribution in [0.15, 0.2) is 73.1 Å². The van der Waals surface area contributed by atoms with E-state index >= 15 is 0 Å². The Morgan fingerprint density at radius 3 is 2.57 bits per heavy atom. The lowest BCUT2D eigenvalue weighted by Gasteiger charge is -2.09. The Bertz CT molecular complexity index is 1300. The Kier molecular flexibility index (Phi) is 5.30. The summed E-state index contributed by atoms with van der Waals surface area (Å²) in [6.07, 6.45) is 5.56. The zero-order chi connectivity index (χ0) is 20.3. The Labute approximate surface area is 183 Å². The number of anilines is 1. The van der Waals surface area contributed by atoms with Gasteiger partial charge >= 0.3 is 0 Å². The van der Waals surface area contributed by atoms with Gasteiger partial charge in [-0.05, 0) is 42.7 Å². The summed E-state index contributed by atoms with van der Waals surface area (Å²) in [5.41, 5.74) is 3.18. The average molecular weight is 431 g/mol. The fourth-order valence-corrected chi connectivity index (χ4v) is 4.99. The molecule has 0 fully saturated rings. The SMILES string of the molecule is Clc1cccc2sc3c(NCCCc4ccccc4)nc(-c4ccncc4)nc3c12. The minimum atomic E-state index is 0.676. The fourth-order valence-electron chi connectivity index (χ4n) is 3.54. The van der Waals surface area contributed by atoms with Gasteiger partial charge in [-0.3, -0.25) is 4.98 Å². The van der Waals surface area contributed by atoms with Crippen molar-refractivity contribution >= 4 is 49.1 Å². The molecule has 0 aliphatic rings. The van der Waals surface area contributed by atoms with Gasteiger partial charge in [0.15, 0.2) is 5.82 Å². The molecular weight excluding hydrogens is 412 g/mol. The summed E-state index contributed by atoms with van der Waals surface area (Å²) in [5, 5.41) is 5.25. The van der Waals surface area contributed by atoms with Crippen molar-refractivity contribution in [3.63, 3.8) is 0 Å². The Morgan fingerprint density at radius 1 is 0.900 bits per heavy atom. The maximum atomic E-state index is 6.54. The molecule has 0 unspecified atom stereocenters. The molecule has 0 saturated heterocycles. The minimum absolute atomic E-state index is 0.676. The lowest BCUT2D eigenvalue weighted by Crippen LogP contribution is -2.06. The molecule has 0 aliphatic heterocycles. The predicted molar refractivity (Wildman–Crippen MR) is 126 cm³/mol. The molecule has 0 bridgehead atoms. The van der Waals surface area contributed by atoms with E-state index in [9.17, 15) is 0 Å². The number of rotatable bonds is 6. The molecule has 1 N–H and O–H groups in total. The molecule has 2 aromatic carbocycles. The number of benzene rings is 2. The van der Waals surface area contributed by atoms with E-state index in [2.05, 4.69) is 40.6 Å². The van der Waals surface area contributed by atoms with Gasteiger partial charge in [0.25, 0.3) is 0 Å². The third-order valence-electron chi connectivity index (χ3n) is 5.01. The highest BCUT2D eigenvalue weighted by molar-refractivity contribution is 7.26. The molecule has 0 saturated carbocycles. The van der Waals surface area contributed by atoms with Gasteiger partial charge in [-0.2, -0.15) is 0 Å². The summed E-state index contributed by atoms with van der Waals surface area (Å²) >= 11 is 8.22. The second-order valence-corrected chi connectivity index (χ2v) is 8.50. The number of pyridine rings is 1. The van der Waals surface area contributed by atoms with Crippen molar-refractivity contribution in [1.29, 1.82) is 0 Å². The maximum absolute atomic E-state index is 6.54. The third-order valence-corrected chi connectivity index (χ3v) is 6.47. The van der Waals surface area contributed by atoms with Crippen LogP contribution in [-0.2, 0) is 6.42 Å². The number of nitrogens with one attached hydrogen (secondary N) is 1. The van der Waals surface area contributed by atoms with E-state index in [0.717, 1.165) is 51.1 Å². The molecule has 5 rings (SSSR count). The zero-order valence-electron chi connectivity index (χ0n) is 16.2. The van der Waals surface area contributed by atoms with Crippen molar-refractivity contribution in [2.75, 3.05) is 11.9 Å². The monoisotopic (exact) mass is 430 g/mol. The normalized spacial score (nSPS) is 11.2. The molecule has 6 heteroatoms. The van der Waals surface area contributed by atoms with Crippen LogP contribution < -0.4 is 5.32 Å². The van der Waals surface area contributed by atoms with Crippen LogP contribution in [0.2, 0.25) is 5.02 Å². The van der Waals surface area contributed by atoms with E-state index in [1.54, 1.807) is 23.7 Å². The van der Waals surface area contributed by atoms with Gasteiger partial charge < -0.3 is 5.32 Å². The Morgan fingerprint density at radius 2 is 1.73 bits per heavy atom. The highest BCUT2D eigenvalue weighted by Crippen LogP contribution is 2.40. The van der Waals surface area contributed by atoms with E-state index in [0.29, 0.717) is 10.8 Å². The molecule has 0 spiro atoms. The summed E-state index contributed by atoms with van der Waals surface area (Å²) in [4.78, 5) is 13.8. The van der Waals surface area contributed by atoms with E-state index in [4.69, 9.17) is 21.6 Å². The summed E-state index contributed by atoms with van der Waals surface area (Å²) in [6, 6.07) is 20.4. The predicted octanol–water partition coefficient (Wildman–Crippen LogP) is 6.60. The maximum Gasteiger partial charge on any atom is 0.162 e. The zero-order valence-corrected chi connectivity index (χ0v) is 17.7. The molecule has 5 aromatic rings. The van der Waals surface area contributed by atoms with Crippen molar-refractivity contribution < 1.29 is 0 Å². The molecule has 3 aromatic heterocycles. The number of fused-ring (bicyclic) bond motifs is 3. The highest BCUT2D eigenvalue weighted by atomic mass is 35.5. The molecule has 0 radical (unpaired) electrons. The second-order valence-electron chi connectivity index (χ2n) is 7.04. The first-order valence-electron chi connectivity index (χ1n) is 9.86. The number of nitrogens with zero attached hydrogens (tertiary/aromatic N) is 3. The highest BCUT2D eigenvalue weighted by Gasteiger charge is 2.16. The number of halogens is 1. The van der Waals surface area contributed by atoms with Gasteiger partial charge in [0, 0.05) is 34.6 Å². The fraction of sp³-hybridized carbons (Fsp3) is 0.125. The summed E-state index contributed by atoms with van der Waals surface area (Å²) < 4.78 is 2.15. The van der Waals surface area contributed by atoms with Gasteiger partial charge in [0.2, 0.25) is 0 Å². The van der Waals surface area contributed by atoms with E-state index in [-0.39, 0.29) is 0 Å². The minimum Gasteiger partial charge on any atom is -0.369 e. The van der Waals surface area contributed by atoms with Crippen LogP contribution in [0.25, 0.3) is 31.7 Å². The first-order valence-corrected chi connectivity index (χ1v) is 11.1. The van der Waals surface area contributed by atoms with Gasteiger partial charge in [0.05, 0.1) is 15.2 Å². The number of hydrogen-bond donors (Lipinski definition) is 1. The van der Waals surface area contributed by atoms with Crippen LogP contribution in [0.3, 0.4) is 0 Å². The number of hydrogen-bond acceptors (Lipinski definition) is 5. The molecule has 30 heavy (non-hydrogen) atoms. The average Bonchev–Trinajstić information content (AvgIpc) is 3.18. The van der Waals surface area contributed by atoms with Crippen molar-refractivity contribution in [3.8, 4) is 11.4 Å². The van der Waals surface area contributed by atoms with Gasteiger partial charge in [-0.25, -0.2) is 9.97 Å². The molecule has 0 amide bonds. The van der Waals surface area contributed by atoms with Gasteiger partial charge in [0.1, 0.15) is 5.82 Å². The van der Waals surface area contributed by atoms with Crippen LogP contribution in [0.5, 0.6) is 0 Å². The first kappa shape index (κ1) is 19.0. The number of thiophene rings is 1. The molecule has 0 aliphatic carbocycles. The molecule has 3 heterocycles. The first-order chi connectivity index (χ1) is 14.8. The lowest BCUT2D eigenvalue weighted by atomic mass is 10.1. The van der Waals surface area contributed by atoms with Gasteiger partial charge in [-0.15, -0.1) is 11.3 Å². The molecule has 0 atom stereocenters. The summed E-state index contributed by atoms with van der Waals surface area (Å²) in [6.45, 7) is 0.832. The Hall–Kier alpha value is -3.02. The number of aromatic nitrogens is 3. The molecular formula is C24H19ClN4S. The van der Waals surface area contributed by atoms with Crippen LogP contribution in [0.1, 0.15) is 12.0 Å². The van der Waals surface area contributed by atoms with Crippen LogP contribution in [0.4, 0.5) is 5.82 Å². The second kappa shape index (κ2) is 8.38. The van der Waals surface area contributed by atoms with Crippen molar-refractivity contribution in [2.24, 2.45) is 0 Å². The summed E-state index contributed by atoms with van der Waals surface area (Å²) in [7, 11) is 0.